The Morgan fingerprint density at radius 1 is 1.24 bits per heavy atom. The van der Waals surface area contributed by atoms with Gasteiger partial charge in [-0.05, 0) is 101 Å². The van der Waals surface area contributed by atoms with Crippen LogP contribution >= 0.6 is 15.9 Å². The molecule has 0 amide bonds. The molecular weight excluding hydrogens is 495 g/mol. The number of carbonyl (C=O) groups is 1. The topological polar surface area (TPSA) is 35.5 Å². The minimum atomic E-state index is -0.435. The molecule has 0 atom stereocenters. The molecule has 0 aromatic heterocycles. The second-order valence-corrected chi connectivity index (χ2v) is 10.5. The van der Waals surface area contributed by atoms with E-state index in [0.717, 1.165) is 28.4 Å². The molecule has 34 heavy (non-hydrogen) atoms. The van der Waals surface area contributed by atoms with E-state index in [-0.39, 0.29) is 11.2 Å². The van der Waals surface area contributed by atoms with E-state index in [1.807, 2.05) is 0 Å². The normalized spacial score (nSPS) is 16.3. The van der Waals surface area contributed by atoms with Crippen LogP contribution in [0.3, 0.4) is 0 Å². The molecule has 0 fully saturated rings. The SMILES string of the molecule is CCCOc1c(\C(C)=C(F)/C=C/C(C)=C/C(=O)OCC)cc2c(c1Br)C(C)(C)CC=C2C(C)C. The van der Waals surface area contributed by atoms with Crippen molar-refractivity contribution in [2.24, 2.45) is 5.92 Å². The Morgan fingerprint density at radius 2 is 1.91 bits per heavy atom. The van der Waals surface area contributed by atoms with E-state index in [9.17, 15) is 4.79 Å². The van der Waals surface area contributed by atoms with E-state index in [2.05, 4.69) is 62.7 Å². The summed E-state index contributed by atoms with van der Waals surface area (Å²) in [6.07, 6.45) is 8.44. The van der Waals surface area contributed by atoms with Crippen molar-refractivity contribution in [1.29, 1.82) is 0 Å². The van der Waals surface area contributed by atoms with Crippen molar-refractivity contribution in [3.8, 4) is 5.75 Å². The number of allylic oxidation sites excluding steroid dienone is 7. The molecule has 0 unspecified atom stereocenters. The van der Waals surface area contributed by atoms with Crippen molar-refractivity contribution in [2.45, 2.75) is 73.6 Å². The van der Waals surface area contributed by atoms with E-state index in [4.69, 9.17) is 9.47 Å². The van der Waals surface area contributed by atoms with E-state index in [1.165, 1.54) is 23.3 Å². The lowest BCUT2D eigenvalue weighted by Crippen LogP contribution is -2.24. The van der Waals surface area contributed by atoms with Crippen LogP contribution in [0, 0.1) is 5.92 Å². The number of hydrogen-bond donors (Lipinski definition) is 0. The third kappa shape index (κ3) is 6.50. The smallest absolute Gasteiger partial charge is 0.330 e. The fraction of sp³-hybridized carbons (Fsp3) is 0.483. The minimum Gasteiger partial charge on any atom is -0.492 e. The van der Waals surface area contributed by atoms with Gasteiger partial charge in [0.2, 0.25) is 0 Å². The quantitative estimate of drug-likeness (QED) is 0.181. The Balaban J connectivity index is 2.66. The molecule has 0 spiro atoms. The predicted octanol–water partition coefficient (Wildman–Crippen LogP) is 8.72. The maximum Gasteiger partial charge on any atom is 0.330 e. The fourth-order valence-corrected chi connectivity index (χ4v) is 5.22. The molecule has 186 valence electrons. The Bertz CT molecular complexity index is 1040. The number of ether oxygens (including phenoxy) is 2. The van der Waals surface area contributed by atoms with Crippen molar-refractivity contribution in [2.75, 3.05) is 13.2 Å². The number of hydrogen-bond acceptors (Lipinski definition) is 3. The number of fused-ring (bicyclic) bond motifs is 1. The van der Waals surface area contributed by atoms with Gasteiger partial charge in [-0.15, -0.1) is 0 Å². The lowest BCUT2D eigenvalue weighted by molar-refractivity contribution is -0.137. The highest BCUT2D eigenvalue weighted by Crippen LogP contribution is 2.50. The average Bonchev–Trinajstić information content (AvgIpc) is 2.75. The zero-order valence-corrected chi connectivity index (χ0v) is 23.4. The van der Waals surface area contributed by atoms with Gasteiger partial charge in [-0.2, -0.15) is 0 Å². The summed E-state index contributed by atoms with van der Waals surface area (Å²) in [4.78, 5) is 11.6. The van der Waals surface area contributed by atoms with Crippen LogP contribution in [0.5, 0.6) is 5.75 Å². The van der Waals surface area contributed by atoms with Gasteiger partial charge in [-0.3, -0.25) is 0 Å². The minimum absolute atomic E-state index is 0.0690. The van der Waals surface area contributed by atoms with Crippen LogP contribution in [0.1, 0.15) is 84.9 Å². The van der Waals surface area contributed by atoms with Crippen LogP contribution in [0.2, 0.25) is 0 Å². The summed E-state index contributed by atoms with van der Waals surface area (Å²) in [7, 11) is 0. The summed E-state index contributed by atoms with van der Waals surface area (Å²) in [6, 6.07) is 2.09. The Hall–Kier alpha value is -2.14. The second-order valence-electron chi connectivity index (χ2n) is 9.69. The van der Waals surface area contributed by atoms with Gasteiger partial charge in [-0.25, -0.2) is 9.18 Å². The van der Waals surface area contributed by atoms with E-state index in [1.54, 1.807) is 26.8 Å². The van der Waals surface area contributed by atoms with Crippen LogP contribution in [0.25, 0.3) is 11.1 Å². The van der Waals surface area contributed by atoms with Gasteiger partial charge in [0.05, 0.1) is 17.7 Å². The number of carbonyl (C=O) groups excluding carboxylic acids is 1. The molecule has 5 heteroatoms. The fourth-order valence-electron chi connectivity index (χ4n) is 4.15. The maximum atomic E-state index is 15.4. The highest BCUT2D eigenvalue weighted by atomic mass is 79.9. The van der Waals surface area contributed by atoms with Gasteiger partial charge >= 0.3 is 5.97 Å². The molecule has 0 saturated heterocycles. The average molecular weight is 534 g/mol. The molecule has 1 aliphatic rings. The summed E-state index contributed by atoms with van der Waals surface area (Å²) in [5.41, 5.74) is 5.40. The van der Waals surface area contributed by atoms with Gasteiger partial charge in [-0.1, -0.05) is 46.8 Å². The van der Waals surface area contributed by atoms with Gasteiger partial charge in [0.1, 0.15) is 11.6 Å². The van der Waals surface area contributed by atoms with E-state index >= 15 is 4.39 Å². The summed E-state index contributed by atoms with van der Waals surface area (Å²) < 4.78 is 27.4. The standard InChI is InChI=1S/C29H38BrFO3/c1-9-15-34-28-22(20(6)24(31)12-11-19(5)16-25(32)33-10-2)17-23-21(18(3)4)13-14-29(7,8)26(23)27(28)30/h11-13,16-18H,9-10,14-15H2,1-8H3/b12-11+,19-16+,24-20+. The molecular formula is C29H38BrFO3. The van der Waals surface area contributed by atoms with Crippen LogP contribution in [-0.2, 0) is 14.9 Å². The molecule has 2 rings (SSSR count). The maximum absolute atomic E-state index is 15.4. The first-order valence-corrected chi connectivity index (χ1v) is 12.8. The van der Waals surface area contributed by atoms with Gasteiger partial charge in [0.25, 0.3) is 0 Å². The zero-order valence-electron chi connectivity index (χ0n) is 21.8. The predicted molar refractivity (Wildman–Crippen MR) is 144 cm³/mol. The van der Waals surface area contributed by atoms with Crippen LogP contribution in [0.15, 0.2) is 46.2 Å². The first-order chi connectivity index (χ1) is 15.9. The Morgan fingerprint density at radius 3 is 2.50 bits per heavy atom. The Labute approximate surface area is 212 Å². The molecule has 0 saturated carbocycles. The summed E-state index contributed by atoms with van der Waals surface area (Å²) in [5, 5.41) is 0. The molecule has 1 aromatic rings. The van der Waals surface area contributed by atoms with Crippen molar-refractivity contribution in [3.63, 3.8) is 0 Å². The molecule has 1 aromatic carbocycles. The molecule has 0 heterocycles. The number of benzene rings is 1. The molecule has 0 N–H and O–H groups in total. The van der Waals surface area contributed by atoms with E-state index in [0.29, 0.717) is 36.0 Å². The van der Waals surface area contributed by atoms with Crippen molar-refractivity contribution < 1.29 is 18.7 Å². The summed E-state index contributed by atoms with van der Waals surface area (Å²) >= 11 is 3.85. The van der Waals surface area contributed by atoms with Crippen molar-refractivity contribution >= 4 is 33.0 Å². The highest BCUT2D eigenvalue weighted by Gasteiger charge is 2.34. The van der Waals surface area contributed by atoms with Crippen molar-refractivity contribution in [3.05, 3.63) is 62.9 Å². The van der Waals surface area contributed by atoms with Gasteiger partial charge < -0.3 is 9.47 Å². The number of halogens is 2. The number of esters is 1. The molecule has 0 radical (unpaired) electrons. The first kappa shape index (κ1) is 28.1. The highest BCUT2D eigenvalue weighted by molar-refractivity contribution is 9.10. The molecule has 0 bridgehead atoms. The third-order valence-corrected chi connectivity index (χ3v) is 6.76. The number of rotatable bonds is 9. The van der Waals surface area contributed by atoms with E-state index < -0.39 is 5.97 Å². The van der Waals surface area contributed by atoms with Gasteiger partial charge in [0.15, 0.2) is 0 Å². The van der Waals surface area contributed by atoms with Crippen LogP contribution in [-0.4, -0.2) is 19.2 Å². The largest absolute Gasteiger partial charge is 0.492 e. The van der Waals surface area contributed by atoms with Crippen molar-refractivity contribution in [1.82, 2.24) is 0 Å². The van der Waals surface area contributed by atoms with Crippen LogP contribution < -0.4 is 4.74 Å². The van der Waals surface area contributed by atoms with Crippen LogP contribution in [0.4, 0.5) is 4.39 Å². The molecule has 0 aliphatic heterocycles. The lowest BCUT2D eigenvalue weighted by Gasteiger charge is -2.36. The summed E-state index contributed by atoms with van der Waals surface area (Å²) in [5.74, 6) is 0.213. The Kier molecular flexibility index (Phi) is 9.93. The second kappa shape index (κ2) is 12.0. The zero-order chi connectivity index (χ0) is 25.6. The first-order valence-electron chi connectivity index (χ1n) is 12.0. The monoisotopic (exact) mass is 532 g/mol. The summed E-state index contributed by atoms with van der Waals surface area (Å²) in [6.45, 7) is 17.0. The third-order valence-electron chi connectivity index (χ3n) is 6.00. The molecule has 1 aliphatic carbocycles. The van der Waals surface area contributed by atoms with Gasteiger partial charge in [0, 0.05) is 11.6 Å². The molecule has 3 nitrogen and oxygen atoms in total. The lowest BCUT2D eigenvalue weighted by atomic mass is 9.70.